The van der Waals surface area contributed by atoms with Gasteiger partial charge in [0.1, 0.15) is 12.6 Å². The van der Waals surface area contributed by atoms with Crippen molar-refractivity contribution in [1.29, 1.82) is 0 Å². The molecule has 0 unspecified atom stereocenters. The second kappa shape index (κ2) is 12.3. The number of hydrogen-bond donors (Lipinski definition) is 2. The zero-order valence-corrected chi connectivity index (χ0v) is 24.8. The van der Waals surface area contributed by atoms with Crippen LogP contribution in [0.3, 0.4) is 0 Å². The second-order valence-corrected chi connectivity index (χ2v) is 10.8. The number of nitrogens with zero attached hydrogens (tertiary/aromatic N) is 1. The molecule has 0 saturated carbocycles. The number of fused-ring (bicyclic) bond motifs is 3. The third-order valence-electron chi connectivity index (χ3n) is 8.47. The molecule has 1 fully saturated rings. The minimum absolute atomic E-state index is 0.0207. The van der Waals surface area contributed by atoms with Crippen molar-refractivity contribution in [2.45, 2.75) is 24.7 Å². The van der Waals surface area contributed by atoms with E-state index in [0.717, 1.165) is 28.2 Å². The molecule has 5 atom stereocenters. The zero-order valence-electron chi connectivity index (χ0n) is 24.8. The summed E-state index contributed by atoms with van der Waals surface area (Å²) in [7, 11) is 4.54. The minimum atomic E-state index is -1.19. The van der Waals surface area contributed by atoms with E-state index in [1.54, 1.807) is 6.07 Å². The highest BCUT2D eigenvalue weighted by atomic mass is 16.7. The number of benzene rings is 2. The first-order valence-electron chi connectivity index (χ1n) is 14.3. The average Bonchev–Trinajstić information content (AvgIpc) is 3.75. The van der Waals surface area contributed by atoms with Gasteiger partial charge in [0.05, 0.1) is 27.9 Å². The number of hydrogen-bond acceptors (Lipinski definition) is 12. The topological polar surface area (TPSA) is 168 Å². The van der Waals surface area contributed by atoms with Crippen molar-refractivity contribution in [3.05, 3.63) is 53.1 Å². The summed E-state index contributed by atoms with van der Waals surface area (Å²) in [5.41, 5.74) is 2.09. The monoisotopic (exact) mass is 624 g/mol. The van der Waals surface area contributed by atoms with E-state index in [-0.39, 0.29) is 26.4 Å². The van der Waals surface area contributed by atoms with Crippen molar-refractivity contribution in [1.82, 2.24) is 10.2 Å². The number of esters is 1. The highest BCUT2D eigenvalue weighted by Crippen LogP contribution is 2.57. The number of ether oxygens (including phenoxy) is 7. The van der Waals surface area contributed by atoms with E-state index in [1.165, 1.54) is 21.3 Å². The first kappa shape index (κ1) is 30.2. The molecule has 2 aromatic rings. The third-order valence-corrected chi connectivity index (χ3v) is 8.47. The van der Waals surface area contributed by atoms with Crippen LogP contribution in [0.15, 0.2) is 36.4 Å². The van der Waals surface area contributed by atoms with Gasteiger partial charge in [-0.2, -0.15) is 0 Å². The molecule has 0 spiro atoms. The Morgan fingerprint density at radius 1 is 0.956 bits per heavy atom. The molecule has 0 bridgehead atoms. The SMILES string of the molecule is COc1cc([C@@H]2c3cc4c(cc3[C@H](OC(=O)CNC(=O)CCN3C(=O)C=CC3=O)[C@H]3CO[C@H](O)[C@H]23)OCO4)cc(OC)c1OC. The fraction of sp³-hybridized carbons (Fsp3) is 0.419. The Kier molecular flexibility index (Phi) is 8.25. The number of carbonyl (C=O) groups excluding carboxylic acids is 4. The predicted octanol–water partition coefficient (Wildman–Crippen LogP) is 1.18. The number of aliphatic hydroxyl groups is 1. The lowest BCUT2D eigenvalue weighted by molar-refractivity contribution is -0.154. The van der Waals surface area contributed by atoms with Crippen LogP contribution in [-0.2, 0) is 28.7 Å². The molecular formula is C31H32N2O12. The number of nitrogens with one attached hydrogen (secondary N) is 1. The molecular weight excluding hydrogens is 592 g/mol. The van der Waals surface area contributed by atoms with E-state index in [9.17, 15) is 24.3 Å². The van der Waals surface area contributed by atoms with Crippen LogP contribution in [0.4, 0.5) is 0 Å². The van der Waals surface area contributed by atoms with E-state index < -0.39 is 60.4 Å². The van der Waals surface area contributed by atoms with Gasteiger partial charge in [0.25, 0.3) is 11.8 Å². The third kappa shape index (κ3) is 5.51. The minimum Gasteiger partial charge on any atom is -0.493 e. The van der Waals surface area contributed by atoms with Gasteiger partial charge >= 0.3 is 5.97 Å². The smallest absolute Gasteiger partial charge is 0.326 e. The molecule has 2 N–H and O–H groups in total. The number of rotatable bonds is 10. The van der Waals surface area contributed by atoms with Crippen LogP contribution in [0.1, 0.15) is 35.1 Å². The van der Waals surface area contributed by atoms with Crippen LogP contribution in [-0.4, -0.2) is 87.8 Å². The van der Waals surface area contributed by atoms with Crippen molar-refractivity contribution in [2.24, 2.45) is 11.8 Å². The van der Waals surface area contributed by atoms with Crippen LogP contribution in [0, 0.1) is 11.8 Å². The highest BCUT2D eigenvalue weighted by Gasteiger charge is 2.53. The van der Waals surface area contributed by atoms with Crippen molar-refractivity contribution in [3.8, 4) is 28.7 Å². The Labute approximate surface area is 257 Å². The summed E-state index contributed by atoms with van der Waals surface area (Å²) in [5.74, 6) is -1.50. The number of methoxy groups -OCH3 is 3. The maximum atomic E-state index is 13.1. The maximum absolute atomic E-state index is 13.1. The molecule has 0 radical (unpaired) electrons. The number of amides is 3. The van der Waals surface area contributed by atoms with Gasteiger partial charge in [0.2, 0.25) is 18.4 Å². The van der Waals surface area contributed by atoms with E-state index in [4.69, 9.17) is 33.2 Å². The molecule has 6 rings (SSSR count). The number of imide groups is 1. The second-order valence-electron chi connectivity index (χ2n) is 10.8. The molecule has 45 heavy (non-hydrogen) atoms. The molecule has 3 heterocycles. The van der Waals surface area contributed by atoms with Gasteiger partial charge in [-0.3, -0.25) is 24.1 Å². The van der Waals surface area contributed by atoms with Crippen LogP contribution in [0.5, 0.6) is 28.7 Å². The summed E-state index contributed by atoms with van der Waals surface area (Å²) in [5, 5.41) is 13.6. The molecule has 238 valence electrons. The Bertz CT molecular complexity index is 1530. The first-order valence-corrected chi connectivity index (χ1v) is 14.3. The van der Waals surface area contributed by atoms with Crippen molar-refractivity contribution >= 4 is 23.7 Å². The molecule has 0 aromatic heterocycles. The molecule has 1 saturated heterocycles. The molecule has 1 aliphatic carbocycles. The van der Waals surface area contributed by atoms with Gasteiger partial charge < -0.3 is 43.6 Å². The van der Waals surface area contributed by atoms with Gasteiger partial charge in [-0.1, -0.05) is 0 Å². The van der Waals surface area contributed by atoms with E-state index in [2.05, 4.69) is 5.32 Å². The number of aliphatic hydroxyl groups excluding tert-OH is 1. The van der Waals surface area contributed by atoms with E-state index in [0.29, 0.717) is 34.3 Å². The van der Waals surface area contributed by atoms with Gasteiger partial charge in [-0.15, -0.1) is 0 Å². The van der Waals surface area contributed by atoms with Crippen molar-refractivity contribution in [2.75, 3.05) is 47.8 Å². The fourth-order valence-corrected chi connectivity index (χ4v) is 6.41. The summed E-state index contributed by atoms with van der Waals surface area (Å²) in [6, 6.07) is 7.19. The molecule has 14 heteroatoms. The first-order chi connectivity index (χ1) is 21.7. The van der Waals surface area contributed by atoms with Gasteiger partial charge in [0, 0.05) is 48.4 Å². The van der Waals surface area contributed by atoms with Crippen LogP contribution < -0.4 is 29.0 Å². The van der Waals surface area contributed by atoms with E-state index >= 15 is 0 Å². The van der Waals surface area contributed by atoms with Crippen molar-refractivity contribution < 1.29 is 57.4 Å². The summed E-state index contributed by atoms with van der Waals surface area (Å²) < 4.78 is 39.7. The van der Waals surface area contributed by atoms with Gasteiger partial charge in [0.15, 0.2) is 29.3 Å². The summed E-state index contributed by atoms with van der Waals surface area (Å²) in [6.45, 7) is -0.452. The van der Waals surface area contributed by atoms with Crippen LogP contribution >= 0.6 is 0 Å². The number of carbonyl (C=O) groups is 4. The van der Waals surface area contributed by atoms with Crippen LogP contribution in [0.25, 0.3) is 0 Å². The molecule has 3 amide bonds. The molecule has 2 aromatic carbocycles. The molecule has 3 aliphatic heterocycles. The highest BCUT2D eigenvalue weighted by molar-refractivity contribution is 6.13. The standard InChI is InChI=1S/C31H32N2O12/c1-39-21-8-15(9-22(40-2)30(21)41-3)27-16-10-19-20(44-14-43-19)11-17(16)29(18-13-42-31(38)28(18)27)45-26(37)12-32-23(34)6-7-33-24(35)4-5-25(33)36/h4-5,8-11,18,27-29,31,38H,6-7,12-14H2,1-3H3,(H,32,34)/t18-,27+,28-,29-,31-/m0/s1. The average molecular weight is 625 g/mol. The Balaban J connectivity index is 1.28. The predicted molar refractivity (Wildman–Crippen MR) is 152 cm³/mol. The van der Waals surface area contributed by atoms with Crippen molar-refractivity contribution in [3.63, 3.8) is 0 Å². The fourth-order valence-electron chi connectivity index (χ4n) is 6.41. The summed E-state index contributed by atoms with van der Waals surface area (Å²) in [4.78, 5) is 49.9. The lowest BCUT2D eigenvalue weighted by Crippen LogP contribution is -2.40. The Morgan fingerprint density at radius 3 is 2.22 bits per heavy atom. The zero-order chi connectivity index (χ0) is 31.8. The van der Waals surface area contributed by atoms with Gasteiger partial charge in [-0.05, 0) is 35.4 Å². The maximum Gasteiger partial charge on any atom is 0.326 e. The molecule has 4 aliphatic rings. The summed E-state index contributed by atoms with van der Waals surface area (Å²) in [6.07, 6.45) is 0.0443. The van der Waals surface area contributed by atoms with Gasteiger partial charge in [-0.25, -0.2) is 0 Å². The largest absolute Gasteiger partial charge is 0.493 e. The lowest BCUT2D eigenvalue weighted by atomic mass is 9.66. The normalized spacial score (nSPS) is 24.3. The van der Waals surface area contributed by atoms with E-state index in [1.807, 2.05) is 18.2 Å². The lowest BCUT2D eigenvalue weighted by Gasteiger charge is -2.41. The van der Waals surface area contributed by atoms with Crippen LogP contribution in [0.2, 0.25) is 0 Å². The quantitative estimate of drug-likeness (QED) is 0.287. The molecule has 14 nitrogen and oxygen atoms in total. The Hall–Kier alpha value is -4.82. The Morgan fingerprint density at radius 2 is 1.60 bits per heavy atom. The summed E-state index contributed by atoms with van der Waals surface area (Å²) >= 11 is 0.